The molecule has 3 atom stereocenters. The van der Waals surface area contributed by atoms with Gasteiger partial charge in [0.1, 0.15) is 10.2 Å². The van der Waals surface area contributed by atoms with Gasteiger partial charge < -0.3 is 15.5 Å². The number of carboxylic acids is 1. The molecule has 0 aromatic carbocycles. The second kappa shape index (κ2) is 12.8. The minimum absolute atomic E-state index is 0. The molecule has 0 spiro atoms. The molecule has 0 bridgehead atoms. The molecule has 0 fully saturated rings. The summed E-state index contributed by atoms with van der Waals surface area (Å²) < 4.78 is 0. The Morgan fingerprint density at radius 2 is 1.80 bits per heavy atom. The van der Waals surface area contributed by atoms with Crippen LogP contribution in [0.5, 0.6) is 0 Å². The van der Waals surface area contributed by atoms with Crippen molar-refractivity contribution in [3.8, 4) is 0 Å². The predicted molar refractivity (Wildman–Crippen MR) is 92.6 cm³/mol. The molecule has 7 nitrogen and oxygen atoms in total. The maximum absolute atomic E-state index is 11.9. The van der Waals surface area contributed by atoms with Crippen molar-refractivity contribution in [3.63, 3.8) is 0 Å². The minimum atomic E-state index is -1.15. The number of amides is 2. The molecule has 1 rings (SSSR count). The number of nitrogens with one attached hydrogen (secondary N) is 1. The number of carbonyl (C=O) groups is 3. The van der Waals surface area contributed by atoms with E-state index >= 15 is 0 Å². The van der Waals surface area contributed by atoms with Crippen LogP contribution in [0, 0.1) is 11.3 Å². The summed E-state index contributed by atoms with van der Waals surface area (Å²) in [7, 11) is 0. The van der Waals surface area contributed by atoms with Gasteiger partial charge >= 0.3 is 35.5 Å². The molecule has 9 heteroatoms. The molecule has 0 aromatic rings. The monoisotopic (exact) mass is 428 g/mol. The van der Waals surface area contributed by atoms with Crippen molar-refractivity contribution in [1.82, 2.24) is 5.32 Å². The average molecular weight is 429 g/mol. The van der Waals surface area contributed by atoms with Gasteiger partial charge in [-0.1, -0.05) is 56.5 Å². The maximum atomic E-state index is 11.9. The summed E-state index contributed by atoms with van der Waals surface area (Å²) in [6.45, 7) is 7.58. The molecule has 1 heterocycles. The van der Waals surface area contributed by atoms with Crippen LogP contribution in [0.25, 0.3) is 0 Å². The van der Waals surface area contributed by atoms with Crippen molar-refractivity contribution in [2.75, 3.05) is 0 Å². The average Bonchev–Trinajstić information content (AvgIpc) is 2.48. The van der Waals surface area contributed by atoms with E-state index in [-0.39, 0.29) is 40.3 Å². The number of nitrogens with zero attached hydrogens (tertiary/aromatic N) is 1. The van der Waals surface area contributed by atoms with Crippen molar-refractivity contribution in [2.45, 2.75) is 64.6 Å². The molecule has 138 valence electrons. The van der Waals surface area contributed by atoms with Crippen molar-refractivity contribution < 1.29 is 54.2 Å². The molecular weight excluding hydrogens is 403 g/mol. The first-order valence-corrected chi connectivity index (χ1v) is 9.07. The number of carboxylic acid groups (broad SMARTS) is 1. The van der Waals surface area contributed by atoms with Gasteiger partial charge in [0.05, 0.1) is 6.02 Å². The first-order valence-electron chi connectivity index (χ1n) is 8.15. The molecule has 0 saturated carbocycles. The van der Waals surface area contributed by atoms with E-state index in [9.17, 15) is 19.5 Å². The molecule has 0 saturated heterocycles. The summed E-state index contributed by atoms with van der Waals surface area (Å²) in [6.07, 6.45) is 3.63. The number of hydrogen-bond donors (Lipinski definition) is 2. The third-order valence-electron chi connectivity index (χ3n) is 4.14. The van der Waals surface area contributed by atoms with Crippen molar-refractivity contribution in [2.24, 2.45) is 16.3 Å². The second-order valence-corrected chi connectivity index (χ2v) is 6.89. The van der Waals surface area contributed by atoms with Crippen LogP contribution in [-0.2, 0) is 14.4 Å². The quantitative estimate of drug-likeness (QED) is 0.300. The number of halogens is 1. The molecular formula is C16H26BrN2NaO5. The van der Waals surface area contributed by atoms with Crippen molar-refractivity contribution >= 4 is 39.7 Å². The summed E-state index contributed by atoms with van der Waals surface area (Å²) >= 11 is 3.00. The van der Waals surface area contributed by atoms with Gasteiger partial charge in [0.25, 0.3) is 5.91 Å². The molecule has 3 unspecified atom stereocenters. The van der Waals surface area contributed by atoms with Crippen LogP contribution >= 0.6 is 15.9 Å². The van der Waals surface area contributed by atoms with E-state index in [0.717, 1.165) is 19.3 Å². The van der Waals surface area contributed by atoms with Crippen molar-refractivity contribution in [3.05, 3.63) is 0 Å². The summed E-state index contributed by atoms with van der Waals surface area (Å²) in [5.74, 6) is -1.97. The third-order valence-corrected chi connectivity index (χ3v) is 4.99. The zero-order valence-electron chi connectivity index (χ0n) is 15.6. The third kappa shape index (κ3) is 7.37. The van der Waals surface area contributed by atoms with Gasteiger partial charge in [0.2, 0.25) is 5.91 Å². The normalized spacial score (nSPS) is 21.7. The second-order valence-electron chi connectivity index (χ2n) is 5.79. The number of hydrogen-bond acceptors (Lipinski definition) is 4. The van der Waals surface area contributed by atoms with E-state index in [2.05, 4.69) is 26.2 Å². The fraction of sp³-hybridized carbons (Fsp3) is 0.750. The Balaban J connectivity index is 0. The van der Waals surface area contributed by atoms with Crippen LogP contribution in [0.3, 0.4) is 0 Å². The Labute approximate surface area is 179 Å². The van der Waals surface area contributed by atoms with Gasteiger partial charge in [-0.2, -0.15) is 0 Å². The van der Waals surface area contributed by atoms with E-state index in [0.29, 0.717) is 12.8 Å². The van der Waals surface area contributed by atoms with Crippen LogP contribution in [0.15, 0.2) is 4.99 Å². The Morgan fingerprint density at radius 3 is 2.12 bits per heavy atom. The molecule has 0 aliphatic carbocycles. The van der Waals surface area contributed by atoms with Gasteiger partial charge in [-0.25, -0.2) is 4.99 Å². The van der Waals surface area contributed by atoms with Crippen LogP contribution in [-0.4, -0.2) is 33.7 Å². The van der Waals surface area contributed by atoms with Gasteiger partial charge in [0, 0.05) is 0 Å². The van der Waals surface area contributed by atoms with E-state index in [1.54, 1.807) is 6.92 Å². The minimum Gasteiger partial charge on any atom is -0.846 e. The number of rotatable bonds is 7. The first kappa shape index (κ1) is 26.8. The zero-order valence-corrected chi connectivity index (χ0v) is 19.2. The van der Waals surface area contributed by atoms with E-state index in [1.807, 2.05) is 20.8 Å². The van der Waals surface area contributed by atoms with Gasteiger partial charge in [0.15, 0.2) is 0 Å². The van der Waals surface area contributed by atoms with Crippen LogP contribution in [0.1, 0.15) is 59.8 Å². The molecule has 1 aliphatic rings. The fourth-order valence-corrected chi connectivity index (χ4v) is 3.13. The SMILES string of the molecule is CCCC(Br)C(=O)O.CCCC(C)C1(CC)C(=O)N=C([O-])NC1=O.[Na+]. The van der Waals surface area contributed by atoms with E-state index < -0.39 is 29.2 Å². The molecule has 2 N–H and O–H groups in total. The standard InChI is InChI=1S/C11H18N2O3.C5H9BrO2.Na/c1-4-6-7(3)11(5-2)8(14)12-10(16)13-9(11)15;1-2-3-4(6)5(7)8;/h7H,4-6H2,1-3H3,(H2,12,13,14,15,16);4H,2-3H2,1H3,(H,7,8);/q;;+1/p-1. The Hall–Kier alpha value is -0.440. The van der Waals surface area contributed by atoms with Crippen LogP contribution < -0.4 is 40.0 Å². The predicted octanol–water partition coefficient (Wildman–Crippen LogP) is -1.17. The number of aliphatic carboxylic acids is 1. The summed E-state index contributed by atoms with van der Waals surface area (Å²) in [5, 5.41) is 21.3. The molecule has 2 amide bonds. The Morgan fingerprint density at radius 1 is 1.28 bits per heavy atom. The van der Waals surface area contributed by atoms with Crippen LogP contribution in [0.4, 0.5) is 0 Å². The summed E-state index contributed by atoms with van der Waals surface area (Å²) in [6, 6.07) is -0.845. The summed E-state index contributed by atoms with van der Waals surface area (Å²) in [5.41, 5.74) is -1.15. The topological polar surface area (TPSA) is 119 Å². The molecule has 1 aliphatic heterocycles. The largest absolute Gasteiger partial charge is 1.00 e. The van der Waals surface area contributed by atoms with E-state index in [1.165, 1.54) is 0 Å². The Kier molecular flexibility index (Phi) is 13.8. The van der Waals surface area contributed by atoms with Gasteiger partial charge in [-0.3, -0.25) is 14.4 Å². The molecule has 25 heavy (non-hydrogen) atoms. The summed E-state index contributed by atoms with van der Waals surface area (Å²) in [4.78, 5) is 36.7. The molecule has 0 aromatic heterocycles. The number of amidine groups is 1. The van der Waals surface area contributed by atoms with Gasteiger partial charge in [-0.15, -0.1) is 0 Å². The number of aliphatic imine (C=N–C) groups is 1. The fourth-order valence-electron chi connectivity index (χ4n) is 2.68. The number of alkyl halides is 1. The van der Waals surface area contributed by atoms with Crippen molar-refractivity contribution in [1.29, 1.82) is 0 Å². The number of carbonyl (C=O) groups excluding carboxylic acids is 2. The van der Waals surface area contributed by atoms with E-state index in [4.69, 9.17) is 5.11 Å². The smallest absolute Gasteiger partial charge is 0.846 e. The zero-order chi connectivity index (χ0) is 18.9. The molecule has 0 radical (unpaired) electrons. The van der Waals surface area contributed by atoms with Gasteiger partial charge in [-0.05, 0) is 25.2 Å². The van der Waals surface area contributed by atoms with Crippen LogP contribution in [0.2, 0.25) is 0 Å². The Bertz CT molecular complexity index is 501. The first-order chi connectivity index (χ1) is 11.2. The maximum Gasteiger partial charge on any atom is 1.00 e.